The first kappa shape index (κ1) is 16.8. The highest BCUT2D eigenvalue weighted by molar-refractivity contribution is 5.90. The maximum absolute atomic E-state index is 11.4. The molecule has 0 saturated heterocycles. The molecule has 136 valence electrons. The summed E-state index contributed by atoms with van der Waals surface area (Å²) in [5, 5.41) is 16.5. The molecule has 0 radical (unpaired) electrons. The van der Waals surface area contributed by atoms with Crippen molar-refractivity contribution in [2.24, 2.45) is 0 Å². The Balaban J connectivity index is 1.56. The van der Waals surface area contributed by atoms with Gasteiger partial charge in [-0.2, -0.15) is 10.1 Å². The van der Waals surface area contributed by atoms with Crippen molar-refractivity contribution in [1.82, 2.24) is 14.8 Å². The van der Waals surface area contributed by atoms with Gasteiger partial charge in [0.2, 0.25) is 5.95 Å². The topological polar surface area (TPSA) is 89.3 Å². The molecular weight excluding hydrogens is 344 g/mol. The molecule has 4 rings (SSSR count). The second-order valence-electron chi connectivity index (χ2n) is 6.23. The molecular formula is C20H18N4O3. The molecule has 0 aliphatic carbocycles. The summed E-state index contributed by atoms with van der Waals surface area (Å²) in [6, 6.07) is 17.2. The number of carboxylic acid groups (broad SMARTS) is 1. The van der Waals surface area contributed by atoms with Crippen molar-refractivity contribution in [2.45, 2.75) is 19.6 Å². The number of benzene rings is 2. The molecule has 1 aliphatic heterocycles. The zero-order valence-electron chi connectivity index (χ0n) is 14.7. The smallest absolute Gasteiger partial charge is 0.352 e. The van der Waals surface area contributed by atoms with Gasteiger partial charge in [-0.25, -0.2) is 9.48 Å². The number of nitrogens with zero attached hydrogens (tertiary/aromatic N) is 3. The van der Waals surface area contributed by atoms with E-state index in [1.807, 2.05) is 54.6 Å². The lowest BCUT2D eigenvalue weighted by atomic mass is 10.0. The van der Waals surface area contributed by atoms with Crippen LogP contribution in [0.1, 0.15) is 23.0 Å². The minimum atomic E-state index is -1.03. The Labute approximate surface area is 155 Å². The highest BCUT2D eigenvalue weighted by Crippen LogP contribution is 2.30. The third-order valence-electron chi connectivity index (χ3n) is 4.27. The van der Waals surface area contributed by atoms with Crippen molar-refractivity contribution in [3.05, 3.63) is 83.3 Å². The number of carbonyl (C=O) groups is 1. The molecule has 0 fully saturated rings. The van der Waals surface area contributed by atoms with Crippen LogP contribution in [0, 0.1) is 6.92 Å². The van der Waals surface area contributed by atoms with Crippen LogP contribution >= 0.6 is 0 Å². The molecule has 2 heterocycles. The lowest BCUT2D eigenvalue weighted by molar-refractivity contribution is -0.132. The van der Waals surface area contributed by atoms with Crippen molar-refractivity contribution in [1.29, 1.82) is 0 Å². The SMILES string of the molecule is Cc1nc2n(n1)C(c1ccc(OCc3ccccc3)cc1)C=C(C(=O)O)N2. The van der Waals surface area contributed by atoms with Gasteiger partial charge in [0.15, 0.2) is 0 Å². The summed E-state index contributed by atoms with van der Waals surface area (Å²) in [6.07, 6.45) is 1.63. The first-order valence-electron chi connectivity index (χ1n) is 8.52. The maximum atomic E-state index is 11.4. The molecule has 1 unspecified atom stereocenters. The van der Waals surface area contributed by atoms with Crippen LogP contribution in [0.4, 0.5) is 5.95 Å². The van der Waals surface area contributed by atoms with Crippen molar-refractivity contribution in [3.63, 3.8) is 0 Å². The van der Waals surface area contributed by atoms with E-state index in [1.165, 1.54) is 0 Å². The molecule has 27 heavy (non-hydrogen) atoms. The summed E-state index contributed by atoms with van der Waals surface area (Å²) in [6.45, 7) is 2.26. The Hall–Kier alpha value is -3.61. The van der Waals surface area contributed by atoms with E-state index in [0.29, 0.717) is 18.4 Å². The van der Waals surface area contributed by atoms with E-state index in [2.05, 4.69) is 15.4 Å². The highest BCUT2D eigenvalue weighted by atomic mass is 16.5. The number of hydrogen-bond acceptors (Lipinski definition) is 5. The molecule has 1 atom stereocenters. The van der Waals surface area contributed by atoms with E-state index in [1.54, 1.807) is 17.7 Å². The molecule has 1 aromatic heterocycles. The lowest BCUT2D eigenvalue weighted by Gasteiger charge is -2.22. The summed E-state index contributed by atoms with van der Waals surface area (Å²) in [5.41, 5.74) is 2.08. The zero-order valence-corrected chi connectivity index (χ0v) is 14.7. The molecule has 3 aromatic rings. The molecule has 1 aliphatic rings. The van der Waals surface area contributed by atoms with E-state index >= 15 is 0 Å². The molecule has 0 amide bonds. The van der Waals surface area contributed by atoms with Crippen LogP contribution in [0.5, 0.6) is 5.75 Å². The van der Waals surface area contributed by atoms with Gasteiger partial charge in [0.1, 0.15) is 29.9 Å². The average molecular weight is 362 g/mol. The van der Waals surface area contributed by atoms with Crippen molar-refractivity contribution in [2.75, 3.05) is 5.32 Å². The number of hydrogen-bond donors (Lipinski definition) is 2. The first-order valence-corrected chi connectivity index (χ1v) is 8.52. The summed E-state index contributed by atoms with van der Waals surface area (Å²) in [5.74, 6) is 0.704. The number of ether oxygens (including phenoxy) is 1. The number of anilines is 1. The quantitative estimate of drug-likeness (QED) is 0.725. The Morgan fingerprint density at radius 3 is 2.63 bits per heavy atom. The Morgan fingerprint density at radius 1 is 1.19 bits per heavy atom. The van der Waals surface area contributed by atoms with Gasteiger partial charge in [-0.05, 0) is 36.3 Å². The first-order chi connectivity index (χ1) is 13.1. The Kier molecular flexibility index (Phi) is 4.33. The predicted octanol–water partition coefficient (Wildman–Crippen LogP) is 3.15. The van der Waals surface area contributed by atoms with Crippen LogP contribution in [-0.2, 0) is 11.4 Å². The van der Waals surface area contributed by atoms with Crippen LogP contribution in [-0.4, -0.2) is 25.8 Å². The lowest BCUT2D eigenvalue weighted by Crippen LogP contribution is -2.24. The summed E-state index contributed by atoms with van der Waals surface area (Å²) >= 11 is 0. The van der Waals surface area contributed by atoms with Crippen LogP contribution in [0.15, 0.2) is 66.4 Å². The van der Waals surface area contributed by atoms with Gasteiger partial charge in [-0.3, -0.25) is 0 Å². The summed E-state index contributed by atoms with van der Waals surface area (Å²) < 4.78 is 7.49. The number of nitrogens with one attached hydrogen (secondary N) is 1. The number of aryl methyl sites for hydroxylation is 1. The number of allylic oxidation sites excluding steroid dienone is 1. The number of aromatic nitrogens is 3. The van der Waals surface area contributed by atoms with Crippen LogP contribution in [0.25, 0.3) is 0 Å². The van der Waals surface area contributed by atoms with Crippen LogP contribution in [0.2, 0.25) is 0 Å². The zero-order chi connectivity index (χ0) is 18.8. The summed E-state index contributed by atoms with van der Waals surface area (Å²) in [4.78, 5) is 15.7. The van der Waals surface area contributed by atoms with Crippen molar-refractivity contribution in [3.8, 4) is 5.75 Å². The van der Waals surface area contributed by atoms with Crippen LogP contribution in [0.3, 0.4) is 0 Å². The minimum Gasteiger partial charge on any atom is -0.489 e. The Morgan fingerprint density at radius 2 is 1.93 bits per heavy atom. The van der Waals surface area contributed by atoms with Gasteiger partial charge in [0.05, 0.1) is 0 Å². The van der Waals surface area contributed by atoms with E-state index in [0.717, 1.165) is 16.9 Å². The standard InChI is InChI=1S/C20H18N4O3/c1-13-21-20-22-17(19(25)26)11-18(24(20)23-13)15-7-9-16(10-8-15)27-12-14-5-3-2-4-6-14/h2-11,18H,12H2,1H3,(H,25,26)(H,21,22,23). The summed E-state index contributed by atoms with van der Waals surface area (Å²) in [7, 11) is 0. The van der Waals surface area contributed by atoms with E-state index in [9.17, 15) is 9.90 Å². The molecule has 0 bridgehead atoms. The Bertz CT molecular complexity index is 994. The van der Waals surface area contributed by atoms with Gasteiger partial charge in [-0.1, -0.05) is 42.5 Å². The number of aliphatic carboxylic acids is 1. The normalized spacial score (nSPS) is 15.4. The predicted molar refractivity (Wildman–Crippen MR) is 99.5 cm³/mol. The molecule has 2 N–H and O–H groups in total. The number of carboxylic acids is 1. The van der Waals surface area contributed by atoms with Gasteiger partial charge < -0.3 is 15.2 Å². The van der Waals surface area contributed by atoms with Crippen molar-refractivity contribution < 1.29 is 14.6 Å². The second-order valence-corrected chi connectivity index (χ2v) is 6.23. The van der Waals surface area contributed by atoms with Gasteiger partial charge in [0, 0.05) is 0 Å². The van der Waals surface area contributed by atoms with Crippen LogP contribution < -0.4 is 10.1 Å². The minimum absolute atomic E-state index is 0.0873. The molecule has 0 spiro atoms. The molecule has 2 aromatic carbocycles. The van der Waals surface area contributed by atoms with Gasteiger partial charge in [-0.15, -0.1) is 0 Å². The fourth-order valence-corrected chi connectivity index (χ4v) is 2.96. The third-order valence-corrected chi connectivity index (χ3v) is 4.27. The third kappa shape index (κ3) is 3.52. The van der Waals surface area contributed by atoms with Crippen molar-refractivity contribution >= 4 is 11.9 Å². The van der Waals surface area contributed by atoms with E-state index < -0.39 is 5.97 Å². The maximum Gasteiger partial charge on any atom is 0.352 e. The monoisotopic (exact) mass is 362 g/mol. The molecule has 7 nitrogen and oxygen atoms in total. The van der Waals surface area contributed by atoms with E-state index in [4.69, 9.17) is 4.74 Å². The second kappa shape index (κ2) is 6.95. The largest absolute Gasteiger partial charge is 0.489 e. The van der Waals surface area contributed by atoms with Gasteiger partial charge in [0.25, 0.3) is 0 Å². The highest BCUT2D eigenvalue weighted by Gasteiger charge is 2.26. The van der Waals surface area contributed by atoms with E-state index in [-0.39, 0.29) is 11.7 Å². The fraction of sp³-hybridized carbons (Fsp3) is 0.150. The number of fused-ring (bicyclic) bond motifs is 1. The molecule has 7 heteroatoms. The molecule has 0 saturated carbocycles. The van der Waals surface area contributed by atoms with Gasteiger partial charge >= 0.3 is 5.97 Å². The number of rotatable bonds is 5. The fourth-order valence-electron chi connectivity index (χ4n) is 2.96. The average Bonchev–Trinajstić information content (AvgIpc) is 3.07.